The van der Waals surface area contributed by atoms with Crippen molar-refractivity contribution in [3.8, 4) is 5.75 Å². The van der Waals surface area contributed by atoms with Gasteiger partial charge in [0, 0.05) is 0 Å². The molecule has 0 unspecified atom stereocenters. The maximum Gasteiger partial charge on any atom is 0.335 e. The van der Waals surface area contributed by atoms with Gasteiger partial charge < -0.3 is 9.40 Å². The van der Waals surface area contributed by atoms with Gasteiger partial charge in [-0.25, -0.2) is 4.79 Å². The highest BCUT2D eigenvalue weighted by Crippen LogP contribution is 2.13. The van der Waals surface area contributed by atoms with E-state index < -0.39 is 5.97 Å². The lowest BCUT2D eigenvalue weighted by atomic mass is 10.2. The number of carboxylic acid groups (broad SMARTS) is 1. The first-order chi connectivity index (χ1) is 5.24. The van der Waals surface area contributed by atoms with Gasteiger partial charge in [-0.15, -0.1) is 0 Å². The molecule has 0 heterocycles. The van der Waals surface area contributed by atoms with Crippen molar-refractivity contribution in [1.29, 1.82) is 0 Å². The normalized spacial score (nSPS) is 9.18. The van der Waals surface area contributed by atoms with Gasteiger partial charge in [0.15, 0.2) is 0 Å². The van der Waals surface area contributed by atoms with Crippen molar-refractivity contribution in [2.24, 2.45) is 0 Å². The average molecular weight is 173 g/mol. The van der Waals surface area contributed by atoms with Crippen LogP contribution in [0, 0.1) is 0 Å². The monoisotopic (exact) mass is 172 g/mol. The van der Waals surface area contributed by atoms with Crippen molar-refractivity contribution in [1.82, 2.24) is 0 Å². The van der Waals surface area contributed by atoms with Crippen molar-refractivity contribution < 1.29 is 14.2 Å². The summed E-state index contributed by atoms with van der Waals surface area (Å²) in [6.07, 6.45) is 0. The molecular weight excluding hydrogens is 168 g/mol. The molecule has 0 atom stereocenters. The lowest BCUT2D eigenvalue weighted by Gasteiger charge is -1.96. The van der Waals surface area contributed by atoms with Crippen LogP contribution in [0.15, 0.2) is 24.3 Å². The third-order valence-electron chi connectivity index (χ3n) is 1.17. The summed E-state index contributed by atoms with van der Waals surface area (Å²) >= 11 is 5.01. The third-order valence-corrected chi connectivity index (χ3v) is 1.35. The molecule has 0 saturated carbocycles. The molecule has 0 bridgehead atoms. The lowest BCUT2D eigenvalue weighted by molar-refractivity contribution is 0.0696. The Kier molecular flexibility index (Phi) is 2.33. The van der Waals surface area contributed by atoms with Crippen molar-refractivity contribution in [3.63, 3.8) is 0 Å². The van der Waals surface area contributed by atoms with Gasteiger partial charge in [-0.2, -0.15) is 0 Å². The summed E-state index contributed by atoms with van der Waals surface area (Å²) in [4.78, 5) is 10.4. The molecule has 1 aromatic carbocycles. The number of halogens is 1. The molecule has 11 heavy (non-hydrogen) atoms. The predicted octanol–water partition coefficient (Wildman–Crippen LogP) is 1.92. The Labute approximate surface area is 68.3 Å². The van der Waals surface area contributed by atoms with Gasteiger partial charge in [-0.3, -0.25) is 0 Å². The molecule has 1 aromatic rings. The van der Waals surface area contributed by atoms with Gasteiger partial charge in [-0.05, 0) is 18.2 Å². The second-order valence-corrected chi connectivity index (χ2v) is 2.06. The van der Waals surface area contributed by atoms with E-state index in [0.29, 0.717) is 5.75 Å². The molecule has 1 rings (SSSR count). The van der Waals surface area contributed by atoms with E-state index in [2.05, 4.69) is 4.29 Å². The second-order valence-electron chi connectivity index (χ2n) is 1.91. The Morgan fingerprint density at radius 1 is 1.55 bits per heavy atom. The summed E-state index contributed by atoms with van der Waals surface area (Å²) in [5.74, 6) is -0.674. The van der Waals surface area contributed by atoms with E-state index in [0.717, 1.165) is 0 Å². The molecule has 58 valence electrons. The maximum absolute atomic E-state index is 10.4. The van der Waals surface area contributed by atoms with Crippen LogP contribution in [-0.2, 0) is 0 Å². The van der Waals surface area contributed by atoms with Crippen molar-refractivity contribution in [3.05, 3.63) is 29.8 Å². The Balaban J connectivity index is 3.01. The number of hydrogen-bond acceptors (Lipinski definition) is 2. The van der Waals surface area contributed by atoms with Gasteiger partial charge in [-0.1, -0.05) is 6.07 Å². The number of aromatic carboxylic acids is 1. The minimum Gasteiger partial charge on any atom is -0.478 e. The minimum absolute atomic E-state index is 0.156. The third kappa shape index (κ3) is 1.85. The summed E-state index contributed by atoms with van der Waals surface area (Å²) in [5.41, 5.74) is 0.156. The van der Waals surface area contributed by atoms with E-state index in [1.807, 2.05) is 0 Å². The first-order valence-electron chi connectivity index (χ1n) is 2.86. The SMILES string of the molecule is O=C(O)c1cccc(OCl)c1. The van der Waals surface area contributed by atoms with E-state index in [1.165, 1.54) is 12.1 Å². The smallest absolute Gasteiger partial charge is 0.335 e. The molecule has 0 aliphatic heterocycles. The molecule has 0 radical (unpaired) electrons. The fourth-order valence-electron chi connectivity index (χ4n) is 0.677. The van der Waals surface area contributed by atoms with E-state index in [1.54, 1.807) is 12.1 Å². The number of carbonyl (C=O) groups is 1. The fourth-order valence-corrected chi connectivity index (χ4v) is 0.773. The molecule has 4 heteroatoms. The predicted molar refractivity (Wildman–Crippen MR) is 39.9 cm³/mol. The van der Waals surface area contributed by atoms with Crippen LogP contribution >= 0.6 is 11.9 Å². The zero-order chi connectivity index (χ0) is 8.27. The molecule has 3 nitrogen and oxygen atoms in total. The molecule has 1 N–H and O–H groups in total. The Morgan fingerprint density at radius 3 is 2.82 bits per heavy atom. The Bertz CT molecular complexity index is 272. The number of carboxylic acids is 1. The van der Waals surface area contributed by atoms with Crippen LogP contribution < -0.4 is 4.29 Å². The molecule has 0 aliphatic rings. The van der Waals surface area contributed by atoms with Gasteiger partial charge in [0.1, 0.15) is 17.6 Å². The number of rotatable bonds is 2. The first-order valence-corrected chi connectivity index (χ1v) is 3.17. The van der Waals surface area contributed by atoms with E-state index in [-0.39, 0.29) is 5.56 Å². The fraction of sp³-hybridized carbons (Fsp3) is 0. The number of benzene rings is 1. The zero-order valence-electron chi connectivity index (χ0n) is 5.45. The van der Waals surface area contributed by atoms with Crippen LogP contribution in [0.2, 0.25) is 0 Å². The highest BCUT2D eigenvalue weighted by atomic mass is 35.5. The van der Waals surface area contributed by atoms with Crippen molar-refractivity contribution >= 4 is 17.8 Å². The topological polar surface area (TPSA) is 46.5 Å². The molecule has 0 saturated heterocycles. The van der Waals surface area contributed by atoms with Gasteiger partial charge in [0.05, 0.1) is 5.56 Å². The molecule has 0 spiro atoms. The maximum atomic E-state index is 10.4. The van der Waals surface area contributed by atoms with Gasteiger partial charge in [0.25, 0.3) is 0 Å². The number of hydrogen-bond donors (Lipinski definition) is 1. The molecule has 0 aromatic heterocycles. The van der Waals surface area contributed by atoms with Crippen molar-refractivity contribution in [2.75, 3.05) is 0 Å². The highest BCUT2D eigenvalue weighted by Gasteiger charge is 2.02. The highest BCUT2D eigenvalue weighted by molar-refractivity contribution is 6.09. The van der Waals surface area contributed by atoms with E-state index in [4.69, 9.17) is 17.0 Å². The summed E-state index contributed by atoms with van der Waals surface area (Å²) in [6, 6.07) is 5.93. The quantitative estimate of drug-likeness (QED) is 0.742. The average Bonchev–Trinajstić information content (AvgIpc) is 2.05. The molecule has 0 aliphatic carbocycles. The largest absolute Gasteiger partial charge is 0.478 e. The summed E-state index contributed by atoms with van der Waals surface area (Å²) < 4.78 is 4.31. The zero-order valence-corrected chi connectivity index (χ0v) is 6.21. The second kappa shape index (κ2) is 3.25. The first kappa shape index (κ1) is 7.88. The lowest BCUT2D eigenvalue weighted by Crippen LogP contribution is -1.94. The summed E-state index contributed by atoms with van der Waals surface area (Å²) in [5, 5.41) is 8.51. The molecule has 0 amide bonds. The minimum atomic E-state index is -0.999. The summed E-state index contributed by atoms with van der Waals surface area (Å²) in [6.45, 7) is 0. The molecular formula is C7H5ClO3. The van der Waals surface area contributed by atoms with E-state index in [9.17, 15) is 4.79 Å². The van der Waals surface area contributed by atoms with E-state index >= 15 is 0 Å². The van der Waals surface area contributed by atoms with Crippen LogP contribution in [0.5, 0.6) is 5.75 Å². The summed E-state index contributed by atoms with van der Waals surface area (Å²) in [7, 11) is 0. The van der Waals surface area contributed by atoms with Gasteiger partial charge in [0.2, 0.25) is 0 Å². The van der Waals surface area contributed by atoms with Crippen LogP contribution in [0.4, 0.5) is 0 Å². The Morgan fingerprint density at radius 2 is 2.27 bits per heavy atom. The standard InChI is InChI=1S/C7H5ClO3/c8-11-6-3-1-2-5(4-6)7(9)10/h1-4H,(H,9,10). The van der Waals surface area contributed by atoms with Crippen LogP contribution in [0.3, 0.4) is 0 Å². The van der Waals surface area contributed by atoms with Gasteiger partial charge >= 0.3 is 5.97 Å². The van der Waals surface area contributed by atoms with Crippen LogP contribution in [0.1, 0.15) is 10.4 Å². The Hall–Kier alpha value is -1.22. The van der Waals surface area contributed by atoms with Crippen LogP contribution in [0.25, 0.3) is 0 Å². The van der Waals surface area contributed by atoms with Crippen LogP contribution in [-0.4, -0.2) is 11.1 Å². The molecule has 0 fully saturated rings. The van der Waals surface area contributed by atoms with Crippen molar-refractivity contribution in [2.45, 2.75) is 0 Å².